The first-order valence-corrected chi connectivity index (χ1v) is 10.8. The van der Waals surface area contributed by atoms with E-state index >= 15 is 0 Å². The molecule has 28 heavy (non-hydrogen) atoms. The summed E-state index contributed by atoms with van der Waals surface area (Å²) in [6.07, 6.45) is 8.35. The lowest BCUT2D eigenvalue weighted by Crippen LogP contribution is -2.32. The number of rotatable bonds is 5. The van der Waals surface area contributed by atoms with Crippen LogP contribution < -0.4 is 5.32 Å². The summed E-state index contributed by atoms with van der Waals surface area (Å²) >= 11 is 5.64. The number of aromatic nitrogens is 2. The van der Waals surface area contributed by atoms with Crippen molar-refractivity contribution in [3.63, 3.8) is 0 Å². The van der Waals surface area contributed by atoms with Crippen LogP contribution in [0.4, 0.5) is 0 Å². The molecule has 0 radical (unpaired) electrons. The van der Waals surface area contributed by atoms with Gasteiger partial charge in [-0.15, -0.1) is 0 Å². The fourth-order valence-electron chi connectivity index (χ4n) is 5.10. The first kappa shape index (κ1) is 19.4. The van der Waals surface area contributed by atoms with Gasteiger partial charge in [0.2, 0.25) is 0 Å². The van der Waals surface area contributed by atoms with Gasteiger partial charge in [0.1, 0.15) is 0 Å². The van der Waals surface area contributed by atoms with Gasteiger partial charge in [-0.3, -0.25) is 4.98 Å². The number of nitrogens with zero attached hydrogens (tertiary/aromatic N) is 3. The molecule has 150 valence electrons. The van der Waals surface area contributed by atoms with Crippen LogP contribution >= 0.6 is 12.2 Å². The predicted octanol–water partition coefficient (Wildman–Crippen LogP) is 3.97. The Morgan fingerprint density at radius 1 is 1.21 bits per heavy atom. The largest absolute Gasteiger partial charge is 0.395 e. The standard InChI is InChI=1S/C22H30N4OS/c1-15-14-18(16(2)26(15)17-8-4-3-5-9-17)21-20(19-10-6-7-11-23-19)24-22(28)25(21)12-13-27/h6-7,10-11,14,17,20-21,27H,3-5,8-9,12-13H2,1-2H3,(H,24,28)/t20-,21-/m1/s1. The third kappa shape index (κ3) is 3.44. The van der Waals surface area contributed by atoms with Gasteiger partial charge in [-0.1, -0.05) is 25.3 Å². The van der Waals surface area contributed by atoms with E-state index in [1.807, 2.05) is 18.3 Å². The zero-order valence-electron chi connectivity index (χ0n) is 16.8. The van der Waals surface area contributed by atoms with Crippen molar-refractivity contribution in [3.8, 4) is 0 Å². The Hall–Kier alpha value is -1.92. The monoisotopic (exact) mass is 398 g/mol. The molecule has 2 aromatic heterocycles. The molecule has 1 saturated heterocycles. The summed E-state index contributed by atoms with van der Waals surface area (Å²) in [5, 5.41) is 13.8. The fraction of sp³-hybridized carbons (Fsp3) is 0.545. The molecule has 2 N–H and O–H groups in total. The van der Waals surface area contributed by atoms with E-state index in [4.69, 9.17) is 12.2 Å². The number of β-amino-alcohol motifs (C(OH)–C–C–N with tert-alkyl or cyclic N) is 1. The van der Waals surface area contributed by atoms with Gasteiger partial charge >= 0.3 is 0 Å². The Morgan fingerprint density at radius 3 is 2.68 bits per heavy atom. The average Bonchev–Trinajstić information content (AvgIpc) is 3.19. The third-order valence-corrected chi connectivity index (χ3v) is 6.67. The molecule has 0 spiro atoms. The minimum absolute atomic E-state index is 0.0134. The van der Waals surface area contributed by atoms with E-state index < -0.39 is 0 Å². The second-order valence-corrected chi connectivity index (χ2v) is 8.42. The Labute approximate surface area is 172 Å². The summed E-state index contributed by atoms with van der Waals surface area (Å²) in [4.78, 5) is 6.72. The van der Waals surface area contributed by atoms with E-state index in [9.17, 15) is 5.11 Å². The number of pyridine rings is 1. The van der Waals surface area contributed by atoms with E-state index in [0.717, 1.165) is 5.69 Å². The van der Waals surface area contributed by atoms with Gasteiger partial charge in [0.05, 0.1) is 24.4 Å². The van der Waals surface area contributed by atoms with Crippen molar-refractivity contribution in [2.45, 2.75) is 64.1 Å². The maximum absolute atomic E-state index is 9.65. The summed E-state index contributed by atoms with van der Waals surface area (Å²) < 4.78 is 2.54. The van der Waals surface area contributed by atoms with Gasteiger partial charge in [0, 0.05) is 30.2 Å². The molecule has 1 aliphatic carbocycles. The Balaban J connectivity index is 1.76. The van der Waals surface area contributed by atoms with Gasteiger partial charge < -0.3 is 19.9 Å². The first-order valence-electron chi connectivity index (χ1n) is 10.4. The topological polar surface area (TPSA) is 53.3 Å². The van der Waals surface area contributed by atoms with Gasteiger partial charge in [-0.2, -0.15) is 0 Å². The number of hydrogen-bond acceptors (Lipinski definition) is 3. The SMILES string of the molecule is Cc1cc([C@@H]2[C@@H](c3ccccn3)NC(=S)N2CCO)c(C)n1C1CCCCC1. The summed E-state index contributed by atoms with van der Waals surface area (Å²) in [5.74, 6) is 0. The second kappa shape index (κ2) is 8.21. The maximum atomic E-state index is 9.65. The molecular weight excluding hydrogens is 368 g/mol. The molecule has 4 rings (SSSR count). The normalized spacial score (nSPS) is 23.2. The number of nitrogens with one attached hydrogen (secondary N) is 1. The molecule has 2 aliphatic rings. The van der Waals surface area contributed by atoms with Crippen molar-refractivity contribution in [3.05, 3.63) is 53.1 Å². The highest BCUT2D eigenvalue weighted by Crippen LogP contribution is 2.42. The van der Waals surface area contributed by atoms with Crippen LogP contribution in [0, 0.1) is 13.8 Å². The number of aliphatic hydroxyl groups is 1. The highest BCUT2D eigenvalue weighted by molar-refractivity contribution is 7.80. The van der Waals surface area contributed by atoms with E-state index in [2.05, 4.69) is 45.7 Å². The van der Waals surface area contributed by atoms with Crippen LogP contribution in [-0.4, -0.2) is 37.8 Å². The minimum Gasteiger partial charge on any atom is -0.395 e. The number of aliphatic hydroxyl groups excluding tert-OH is 1. The lowest BCUT2D eigenvalue weighted by Gasteiger charge is -2.29. The smallest absolute Gasteiger partial charge is 0.170 e. The summed E-state index contributed by atoms with van der Waals surface area (Å²) in [7, 11) is 0. The van der Waals surface area contributed by atoms with Crippen LogP contribution in [-0.2, 0) is 0 Å². The van der Waals surface area contributed by atoms with Gasteiger partial charge in [0.25, 0.3) is 0 Å². The lowest BCUT2D eigenvalue weighted by molar-refractivity contribution is 0.222. The van der Waals surface area contributed by atoms with Crippen LogP contribution in [0.2, 0.25) is 0 Å². The van der Waals surface area contributed by atoms with Crippen LogP contribution in [0.1, 0.15) is 72.9 Å². The van der Waals surface area contributed by atoms with Crippen LogP contribution in [0.25, 0.3) is 0 Å². The Kier molecular flexibility index (Phi) is 5.69. The molecule has 2 aromatic rings. The average molecular weight is 399 g/mol. The van der Waals surface area contributed by atoms with Crippen molar-refractivity contribution < 1.29 is 5.11 Å². The quantitative estimate of drug-likeness (QED) is 0.747. The Bertz CT molecular complexity index is 829. The molecule has 1 aliphatic heterocycles. The molecule has 1 saturated carbocycles. The van der Waals surface area contributed by atoms with E-state index in [1.54, 1.807) is 0 Å². The first-order chi connectivity index (χ1) is 13.6. The zero-order chi connectivity index (χ0) is 19.7. The van der Waals surface area contributed by atoms with Crippen LogP contribution in [0.15, 0.2) is 30.5 Å². The van der Waals surface area contributed by atoms with Crippen molar-refractivity contribution in [1.29, 1.82) is 0 Å². The number of thiocarbonyl (C=S) groups is 1. The summed E-state index contributed by atoms with van der Waals surface area (Å²) in [6, 6.07) is 8.96. The minimum atomic E-state index is -0.0134. The molecule has 0 unspecified atom stereocenters. The van der Waals surface area contributed by atoms with E-state index in [0.29, 0.717) is 17.7 Å². The molecule has 6 heteroatoms. The van der Waals surface area contributed by atoms with Crippen LogP contribution in [0.3, 0.4) is 0 Å². The molecule has 0 aromatic carbocycles. The van der Waals surface area contributed by atoms with Gasteiger partial charge in [0.15, 0.2) is 5.11 Å². The van der Waals surface area contributed by atoms with Crippen molar-refractivity contribution >= 4 is 17.3 Å². The number of aryl methyl sites for hydroxylation is 1. The summed E-state index contributed by atoms with van der Waals surface area (Å²) in [6.45, 7) is 5.06. The molecule has 2 atom stereocenters. The lowest BCUT2D eigenvalue weighted by atomic mass is 9.94. The molecule has 2 fully saturated rings. The van der Waals surface area contributed by atoms with Crippen LogP contribution in [0.5, 0.6) is 0 Å². The molecular formula is C22H30N4OS. The number of hydrogen-bond donors (Lipinski definition) is 2. The molecule has 3 heterocycles. The van der Waals surface area contributed by atoms with E-state index in [-0.39, 0.29) is 18.7 Å². The van der Waals surface area contributed by atoms with E-state index in [1.165, 1.54) is 49.1 Å². The van der Waals surface area contributed by atoms with Crippen molar-refractivity contribution in [2.24, 2.45) is 0 Å². The molecule has 5 nitrogen and oxygen atoms in total. The highest BCUT2D eigenvalue weighted by atomic mass is 32.1. The fourth-order valence-corrected chi connectivity index (χ4v) is 5.43. The maximum Gasteiger partial charge on any atom is 0.170 e. The predicted molar refractivity (Wildman–Crippen MR) is 115 cm³/mol. The third-order valence-electron chi connectivity index (χ3n) is 6.32. The van der Waals surface area contributed by atoms with Crippen molar-refractivity contribution in [1.82, 2.24) is 19.8 Å². The van der Waals surface area contributed by atoms with Gasteiger partial charge in [-0.25, -0.2) is 0 Å². The zero-order valence-corrected chi connectivity index (χ0v) is 17.6. The second-order valence-electron chi connectivity index (χ2n) is 8.03. The Morgan fingerprint density at radius 2 is 2.00 bits per heavy atom. The summed E-state index contributed by atoms with van der Waals surface area (Å²) in [5.41, 5.74) is 4.92. The molecule has 0 bridgehead atoms. The van der Waals surface area contributed by atoms with Gasteiger partial charge in [-0.05, 0) is 62.7 Å². The highest BCUT2D eigenvalue weighted by Gasteiger charge is 2.41. The molecule has 0 amide bonds. The van der Waals surface area contributed by atoms with Crippen molar-refractivity contribution in [2.75, 3.05) is 13.2 Å².